The number of rotatable bonds is 0. The van der Waals surface area contributed by atoms with E-state index in [1.54, 1.807) is 47.0 Å². The van der Waals surface area contributed by atoms with Crippen LogP contribution in [0.1, 0.15) is 0 Å². The molecule has 28 heavy (non-hydrogen) atoms. The molecule has 0 bridgehead atoms. The zero-order chi connectivity index (χ0) is 19.3. The van der Waals surface area contributed by atoms with Crippen molar-refractivity contribution < 1.29 is 0 Å². The van der Waals surface area contributed by atoms with E-state index in [9.17, 15) is 0 Å². The van der Waals surface area contributed by atoms with E-state index in [4.69, 9.17) is 0 Å². The van der Waals surface area contributed by atoms with Gasteiger partial charge in [-0.25, -0.2) is 0 Å². The lowest BCUT2D eigenvalue weighted by Crippen LogP contribution is -1.82. The summed E-state index contributed by atoms with van der Waals surface area (Å²) in [7, 11) is 0. The number of hydrogen-bond acceptors (Lipinski definition) is 4. The van der Waals surface area contributed by atoms with Crippen LogP contribution in [-0.4, -0.2) is 23.0 Å². The van der Waals surface area contributed by atoms with Gasteiger partial charge in [0.1, 0.15) is 0 Å². The largest absolute Gasteiger partial charge is 0.112 e. The molecular formula is C24H16S4. The van der Waals surface area contributed by atoms with E-state index in [-0.39, 0.29) is 0 Å². The summed E-state index contributed by atoms with van der Waals surface area (Å²) in [5.74, 6) is 27.3. The van der Waals surface area contributed by atoms with Crippen molar-refractivity contribution in [3.63, 3.8) is 0 Å². The molecule has 2 aromatic carbocycles. The molecule has 1 heterocycles. The van der Waals surface area contributed by atoms with Crippen molar-refractivity contribution in [2.24, 2.45) is 0 Å². The number of thioether (sulfide) groups is 4. The standard InChI is InChI=1S/C24H16S4/c1-2-10-18-26-23-15-7-8-16-24(23)28-20-12-4-3-11-19-27-22-14-6-5-13-21(22)25-17-9-1/h5-8,13-16H,17-20H2. The Kier molecular flexibility index (Phi) is 9.30. The van der Waals surface area contributed by atoms with Gasteiger partial charge in [0.2, 0.25) is 0 Å². The first-order chi connectivity index (χ1) is 13.9. The predicted molar refractivity (Wildman–Crippen MR) is 127 cm³/mol. The minimum atomic E-state index is 0.732. The van der Waals surface area contributed by atoms with E-state index < -0.39 is 0 Å². The van der Waals surface area contributed by atoms with Crippen LogP contribution >= 0.6 is 47.0 Å². The van der Waals surface area contributed by atoms with Crippen LogP contribution in [0.4, 0.5) is 0 Å². The van der Waals surface area contributed by atoms with Crippen molar-refractivity contribution in [2.45, 2.75) is 19.6 Å². The fourth-order valence-electron chi connectivity index (χ4n) is 2.15. The van der Waals surface area contributed by atoms with Gasteiger partial charge in [-0.1, -0.05) is 47.9 Å². The third-order valence-corrected chi connectivity index (χ3v) is 7.46. The van der Waals surface area contributed by atoms with Gasteiger partial charge in [-0.15, -0.1) is 47.0 Å². The zero-order valence-corrected chi connectivity index (χ0v) is 18.3. The van der Waals surface area contributed by atoms with E-state index in [2.05, 4.69) is 95.9 Å². The fraction of sp³-hybridized carbons (Fsp3) is 0.167. The van der Waals surface area contributed by atoms with Crippen LogP contribution in [0.15, 0.2) is 68.1 Å². The van der Waals surface area contributed by atoms with Crippen LogP contribution in [0.5, 0.6) is 0 Å². The topological polar surface area (TPSA) is 0 Å². The maximum absolute atomic E-state index is 3.14. The molecule has 2 aromatic rings. The average molecular weight is 433 g/mol. The molecular weight excluding hydrogens is 417 g/mol. The van der Waals surface area contributed by atoms with Gasteiger partial charge >= 0.3 is 0 Å². The summed E-state index contributed by atoms with van der Waals surface area (Å²) in [6.07, 6.45) is 0. The van der Waals surface area contributed by atoms with Crippen molar-refractivity contribution >= 4 is 47.0 Å². The fourth-order valence-corrected chi connectivity index (χ4v) is 5.60. The molecule has 0 aliphatic carbocycles. The maximum atomic E-state index is 3.14. The summed E-state index contributed by atoms with van der Waals surface area (Å²) in [5.41, 5.74) is 0. The van der Waals surface area contributed by atoms with Crippen molar-refractivity contribution in [1.82, 2.24) is 0 Å². The molecule has 0 atom stereocenters. The van der Waals surface area contributed by atoms with Crippen molar-refractivity contribution in [2.75, 3.05) is 23.0 Å². The number of benzene rings is 2. The molecule has 0 aromatic heterocycles. The smallest absolute Gasteiger partial charge is 0.0605 e. The Bertz CT molecular complexity index is 883. The highest BCUT2D eigenvalue weighted by Crippen LogP contribution is 2.31. The van der Waals surface area contributed by atoms with E-state index in [1.165, 1.54) is 19.6 Å². The molecule has 0 radical (unpaired) electrons. The molecule has 1 aliphatic rings. The van der Waals surface area contributed by atoms with Gasteiger partial charge in [0.15, 0.2) is 0 Å². The van der Waals surface area contributed by atoms with Gasteiger partial charge in [0.25, 0.3) is 0 Å². The van der Waals surface area contributed by atoms with E-state index in [0.717, 1.165) is 23.0 Å². The Morgan fingerprint density at radius 3 is 0.929 bits per heavy atom. The molecule has 0 saturated carbocycles. The van der Waals surface area contributed by atoms with Gasteiger partial charge in [0.05, 0.1) is 23.0 Å². The first kappa shape index (κ1) is 20.8. The normalized spacial score (nSPS) is 14.0. The van der Waals surface area contributed by atoms with Gasteiger partial charge in [-0.05, 0) is 47.9 Å². The first-order valence-corrected chi connectivity index (χ1v) is 12.5. The van der Waals surface area contributed by atoms with Gasteiger partial charge in [-0.2, -0.15) is 0 Å². The summed E-state index contributed by atoms with van der Waals surface area (Å²) < 4.78 is 0. The van der Waals surface area contributed by atoms with Gasteiger partial charge in [-0.3, -0.25) is 0 Å². The average Bonchev–Trinajstić information content (AvgIpc) is 2.73. The van der Waals surface area contributed by atoms with E-state index in [0.29, 0.717) is 0 Å². The third kappa shape index (κ3) is 7.24. The molecule has 0 saturated heterocycles. The summed E-state index contributed by atoms with van der Waals surface area (Å²) in [4.78, 5) is 4.95. The second-order valence-electron chi connectivity index (χ2n) is 5.26. The van der Waals surface area contributed by atoms with Gasteiger partial charge in [0, 0.05) is 19.6 Å². The molecule has 0 fully saturated rings. The Labute approximate surface area is 184 Å². The molecule has 0 unspecified atom stereocenters. The maximum Gasteiger partial charge on any atom is 0.0605 e. The monoisotopic (exact) mass is 432 g/mol. The summed E-state index contributed by atoms with van der Waals surface area (Å²) >= 11 is 6.96. The third-order valence-electron chi connectivity index (χ3n) is 3.38. The quantitative estimate of drug-likeness (QED) is 0.484. The summed E-state index contributed by atoms with van der Waals surface area (Å²) in [6, 6.07) is 16.7. The van der Waals surface area contributed by atoms with Crippen LogP contribution in [0.2, 0.25) is 0 Å². The summed E-state index contributed by atoms with van der Waals surface area (Å²) in [6.45, 7) is 0. The van der Waals surface area contributed by atoms with E-state index in [1.807, 2.05) is 0 Å². The number of hydrogen-bond donors (Lipinski definition) is 0. The zero-order valence-electron chi connectivity index (χ0n) is 15.1. The Hall–Kier alpha value is -1.92. The van der Waals surface area contributed by atoms with Crippen LogP contribution in [0, 0.1) is 47.4 Å². The SMILES string of the molecule is C1#CCSc2ccccc2SCC#CC#CCSc2ccccc2SCC#C1. The summed E-state index contributed by atoms with van der Waals surface area (Å²) in [5, 5.41) is 0. The molecule has 1 aliphatic heterocycles. The highest BCUT2D eigenvalue weighted by molar-refractivity contribution is 8.03. The molecule has 0 N–H and O–H groups in total. The molecule has 136 valence electrons. The molecule has 3 rings (SSSR count). The van der Waals surface area contributed by atoms with Gasteiger partial charge < -0.3 is 0 Å². The van der Waals surface area contributed by atoms with Crippen LogP contribution < -0.4 is 0 Å². The predicted octanol–water partition coefficient (Wildman–Crippen LogP) is 5.78. The highest BCUT2D eigenvalue weighted by atomic mass is 32.2. The van der Waals surface area contributed by atoms with Crippen LogP contribution in [0.3, 0.4) is 0 Å². The Morgan fingerprint density at radius 1 is 0.429 bits per heavy atom. The van der Waals surface area contributed by atoms with Crippen molar-refractivity contribution in [1.29, 1.82) is 0 Å². The molecule has 0 spiro atoms. The van der Waals surface area contributed by atoms with Crippen LogP contribution in [0.25, 0.3) is 0 Å². The van der Waals surface area contributed by atoms with E-state index >= 15 is 0 Å². The lowest BCUT2D eigenvalue weighted by atomic mass is 10.4. The second kappa shape index (κ2) is 12.5. The lowest BCUT2D eigenvalue weighted by molar-refractivity contribution is 1.25. The molecule has 0 amide bonds. The molecule has 0 nitrogen and oxygen atoms in total. The minimum Gasteiger partial charge on any atom is -0.112 e. The second-order valence-corrected chi connectivity index (χ2v) is 9.32. The Morgan fingerprint density at radius 2 is 0.679 bits per heavy atom. The number of fused-ring (bicyclic) bond motifs is 2. The Balaban J connectivity index is 1.73. The lowest BCUT2D eigenvalue weighted by Gasteiger charge is -2.05. The van der Waals surface area contributed by atoms with Crippen LogP contribution in [-0.2, 0) is 0 Å². The minimum absolute atomic E-state index is 0.732. The first-order valence-electron chi connectivity index (χ1n) is 8.54. The highest BCUT2D eigenvalue weighted by Gasteiger charge is 2.02. The molecule has 4 heteroatoms. The van der Waals surface area contributed by atoms with Crippen molar-refractivity contribution in [3.8, 4) is 47.4 Å². The van der Waals surface area contributed by atoms with Crippen molar-refractivity contribution in [3.05, 3.63) is 48.5 Å².